The Labute approximate surface area is 124 Å². The monoisotopic (exact) mass is 287 g/mol. The molecule has 104 valence electrons. The Morgan fingerprint density at radius 1 is 1.25 bits per heavy atom. The van der Waals surface area contributed by atoms with Crippen LogP contribution in [0.1, 0.15) is 28.7 Å². The van der Waals surface area contributed by atoms with E-state index in [4.69, 9.17) is 16.3 Å². The lowest BCUT2D eigenvalue weighted by Crippen LogP contribution is -2.31. The van der Waals surface area contributed by atoms with Crippen LogP contribution in [-0.4, -0.2) is 14.2 Å². The lowest BCUT2D eigenvalue weighted by Gasteiger charge is -2.37. The van der Waals surface area contributed by atoms with Crippen LogP contribution < -0.4 is 10.1 Å². The molecule has 2 nitrogen and oxygen atoms in total. The van der Waals surface area contributed by atoms with Gasteiger partial charge in [0.25, 0.3) is 0 Å². The summed E-state index contributed by atoms with van der Waals surface area (Å²) in [6.45, 7) is 0. The minimum Gasteiger partial charge on any atom is -0.496 e. The van der Waals surface area contributed by atoms with Gasteiger partial charge in [0.15, 0.2) is 0 Å². The number of halogens is 1. The van der Waals surface area contributed by atoms with E-state index in [0.29, 0.717) is 5.92 Å². The quantitative estimate of drug-likeness (QED) is 0.919. The van der Waals surface area contributed by atoms with Crippen LogP contribution in [0, 0.1) is 0 Å². The molecule has 3 rings (SSSR count). The zero-order chi connectivity index (χ0) is 14.1. The molecular weight excluding hydrogens is 270 g/mol. The first-order valence-electron chi connectivity index (χ1n) is 6.83. The van der Waals surface area contributed by atoms with E-state index in [1.807, 2.05) is 25.2 Å². The Morgan fingerprint density at radius 3 is 2.75 bits per heavy atom. The minimum absolute atomic E-state index is 0.221. The second-order valence-electron chi connectivity index (χ2n) is 5.16. The highest BCUT2D eigenvalue weighted by Crippen LogP contribution is 2.45. The zero-order valence-corrected chi connectivity index (χ0v) is 12.4. The van der Waals surface area contributed by atoms with E-state index in [1.165, 1.54) is 11.1 Å². The molecule has 0 aliphatic heterocycles. The highest BCUT2D eigenvalue weighted by atomic mass is 35.5. The summed E-state index contributed by atoms with van der Waals surface area (Å²) in [5.41, 5.74) is 4.00. The predicted octanol–water partition coefficient (Wildman–Crippen LogP) is 3.95. The number of likely N-dealkylation sites (N-methyl/N-ethyl adjacent to an activating group) is 1. The van der Waals surface area contributed by atoms with E-state index >= 15 is 0 Å². The first-order chi connectivity index (χ1) is 9.74. The van der Waals surface area contributed by atoms with Crippen molar-refractivity contribution in [2.24, 2.45) is 0 Å². The molecule has 0 bridgehead atoms. The Morgan fingerprint density at radius 2 is 2.05 bits per heavy atom. The maximum Gasteiger partial charge on any atom is 0.123 e. The molecule has 2 atom stereocenters. The van der Waals surface area contributed by atoms with Gasteiger partial charge >= 0.3 is 0 Å². The number of hydrogen-bond acceptors (Lipinski definition) is 2. The van der Waals surface area contributed by atoms with Crippen molar-refractivity contribution in [3.05, 3.63) is 64.2 Å². The molecule has 0 fully saturated rings. The molecule has 0 saturated carbocycles. The van der Waals surface area contributed by atoms with Crippen LogP contribution >= 0.6 is 11.6 Å². The number of rotatable bonds is 4. The standard InChI is InChI=1S/C17H18ClNO/c1-19-17(14-9-11-5-3-4-6-13(11)14)15-10-12(18)7-8-16(15)20-2/h3-8,10,14,17,19H,9H2,1-2H3. The second kappa shape index (κ2) is 5.47. The first-order valence-corrected chi connectivity index (χ1v) is 7.21. The number of nitrogens with one attached hydrogen (secondary N) is 1. The molecule has 2 aromatic rings. The van der Waals surface area contributed by atoms with Crippen LogP contribution in [0.4, 0.5) is 0 Å². The topological polar surface area (TPSA) is 21.3 Å². The molecule has 1 N–H and O–H groups in total. The molecule has 2 aromatic carbocycles. The van der Waals surface area contributed by atoms with E-state index < -0.39 is 0 Å². The SMILES string of the molecule is CNC(c1cc(Cl)ccc1OC)C1Cc2ccccc21. The highest BCUT2D eigenvalue weighted by Gasteiger charge is 2.34. The van der Waals surface area contributed by atoms with Gasteiger partial charge in [0.2, 0.25) is 0 Å². The van der Waals surface area contributed by atoms with Gasteiger partial charge < -0.3 is 10.1 Å². The fourth-order valence-electron chi connectivity index (χ4n) is 3.12. The van der Waals surface area contributed by atoms with Crippen LogP contribution in [0.5, 0.6) is 5.75 Å². The number of fused-ring (bicyclic) bond motifs is 1. The van der Waals surface area contributed by atoms with Crippen molar-refractivity contribution < 1.29 is 4.74 Å². The largest absolute Gasteiger partial charge is 0.496 e. The fourth-order valence-corrected chi connectivity index (χ4v) is 3.30. The first kappa shape index (κ1) is 13.5. The summed E-state index contributed by atoms with van der Waals surface area (Å²) in [5.74, 6) is 1.36. The Hall–Kier alpha value is -1.51. The molecule has 0 saturated heterocycles. The van der Waals surface area contributed by atoms with Crippen LogP contribution in [-0.2, 0) is 6.42 Å². The summed E-state index contributed by atoms with van der Waals surface area (Å²) in [6.07, 6.45) is 1.09. The molecule has 0 amide bonds. The molecule has 3 heteroatoms. The minimum atomic E-state index is 0.221. The van der Waals surface area contributed by atoms with Gasteiger partial charge in [-0.2, -0.15) is 0 Å². The molecule has 20 heavy (non-hydrogen) atoms. The molecule has 0 heterocycles. The van der Waals surface area contributed by atoms with Crippen molar-refractivity contribution in [1.82, 2.24) is 5.32 Å². The van der Waals surface area contributed by atoms with Crippen molar-refractivity contribution in [3.63, 3.8) is 0 Å². The van der Waals surface area contributed by atoms with Crippen LogP contribution in [0.3, 0.4) is 0 Å². The lowest BCUT2D eigenvalue weighted by atomic mass is 9.71. The Balaban J connectivity index is 1.98. The predicted molar refractivity (Wildman–Crippen MR) is 82.7 cm³/mol. The smallest absolute Gasteiger partial charge is 0.123 e. The van der Waals surface area contributed by atoms with Gasteiger partial charge in [-0.25, -0.2) is 0 Å². The van der Waals surface area contributed by atoms with Gasteiger partial charge in [-0.3, -0.25) is 0 Å². The fraction of sp³-hybridized carbons (Fsp3) is 0.294. The number of benzene rings is 2. The van der Waals surface area contributed by atoms with Crippen LogP contribution in [0.2, 0.25) is 5.02 Å². The van der Waals surface area contributed by atoms with E-state index in [2.05, 4.69) is 29.6 Å². The van der Waals surface area contributed by atoms with Crippen LogP contribution in [0.25, 0.3) is 0 Å². The average molecular weight is 288 g/mol. The third-order valence-electron chi connectivity index (χ3n) is 4.13. The van der Waals surface area contributed by atoms with E-state index in [-0.39, 0.29) is 6.04 Å². The third kappa shape index (κ3) is 2.19. The van der Waals surface area contributed by atoms with Gasteiger partial charge in [-0.05, 0) is 42.8 Å². The van der Waals surface area contributed by atoms with E-state index in [9.17, 15) is 0 Å². The second-order valence-corrected chi connectivity index (χ2v) is 5.60. The molecule has 0 spiro atoms. The molecule has 0 radical (unpaired) electrons. The van der Waals surface area contributed by atoms with Crippen LogP contribution in [0.15, 0.2) is 42.5 Å². The van der Waals surface area contributed by atoms with Crippen molar-refractivity contribution in [2.45, 2.75) is 18.4 Å². The summed E-state index contributed by atoms with van der Waals surface area (Å²) in [5, 5.41) is 4.17. The lowest BCUT2D eigenvalue weighted by molar-refractivity contribution is 0.382. The summed E-state index contributed by atoms with van der Waals surface area (Å²) < 4.78 is 5.49. The Bertz CT molecular complexity index is 626. The van der Waals surface area contributed by atoms with Gasteiger partial charge in [0.05, 0.1) is 7.11 Å². The maximum absolute atomic E-state index is 6.16. The van der Waals surface area contributed by atoms with E-state index in [1.54, 1.807) is 7.11 Å². The third-order valence-corrected chi connectivity index (χ3v) is 4.37. The van der Waals surface area contributed by atoms with Crippen molar-refractivity contribution in [3.8, 4) is 5.75 Å². The molecular formula is C17H18ClNO. The zero-order valence-electron chi connectivity index (χ0n) is 11.7. The summed E-state index contributed by atoms with van der Waals surface area (Å²) in [6, 6.07) is 14.6. The van der Waals surface area contributed by atoms with Crippen molar-refractivity contribution in [1.29, 1.82) is 0 Å². The normalized spacial score (nSPS) is 18.1. The van der Waals surface area contributed by atoms with Crippen molar-refractivity contribution >= 4 is 11.6 Å². The highest BCUT2D eigenvalue weighted by molar-refractivity contribution is 6.30. The van der Waals surface area contributed by atoms with Gasteiger partial charge in [-0.1, -0.05) is 35.9 Å². The molecule has 2 unspecified atom stereocenters. The summed E-state index contributed by atoms with van der Waals surface area (Å²) in [7, 11) is 3.69. The van der Waals surface area contributed by atoms with Gasteiger partial charge in [-0.15, -0.1) is 0 Å². The molecule has 1 aliphatic rings. The maximum atomic E-state index is 6.16. The molecule has 0 aromatic heterocycles. The van der Waals surface area contributed by atoms with Gasteiger partial charge in [0, 0.05) is 22.5 Å². The average Bonchev–Trinajstić information content (AvgIpc) is 2.45. The molecule has 1 aliphatic carbocycles. The summed E-state index contributed by atoms with van der Waals surface area (Å²) in [4.78, 5) is 0. The van der Waals surface area contributed by atoms with Gasteiger partial charge in [0.1, 0.15) is 5.75 Å². The Kier molecular flexibility index (Phi) is 3.68. The number of hydrogen-bond donors (Lipinski definition) is 1. The van der Waals surface area contributed by atoms with E-state index in [0.717, 1.165) is 22.8 Å². The number of ether oxygens (including phenoxy) is 1. The summed E-state index contributed by atoms with van der Waals surface area (Å²) >= 11 is 6.16. The van der Waals surface area contributed by atoms with Crippen molar-refractivity contribution in [2.75, 3.05) is 14.2 Å². The number of methoxy groups -OCH3 is 1.